The van der Waals surface area contributed by atoms with Gasteiger partial charge in [0, 0.05) is 13.6 Å². The number of rotatable bonds is 4. The number of benzene rings is 1. The van der Waals surface area contributed by atoms with Crippen molar-refractivity contribution in [3.8, 4) is 0 Å². The van der Waals surface area contributed by atoms with E-state index in [4.69, 9.17) is 28.3 Å². The Bertz CT molecular complexity index is 630. The van der Waals surface area contributed by atoms with Gasteiger partial charge in [-0.15, -0.1) is 0 Å². The quantitative estimate of drug-likeness (QED) is 0.914. The van der Waals surface area contributed by atoms with Crippen LogP contribution in [0, 0.1) is 5.92 Å². The number of nitrogens with two attached hydrogens (primary N) is 1. The third-order valence-electron chi connectivity index (χ3n) is 2.54. The normalized spacial score (nSPS) is 11.8. The summed E-state index contributed by atoms with van der Waals surface area (Å²) in [5.41, 5.74) is 0.0586. The molecule has 20 heavy (non-hydrogen) atoms. The van der Waals surface area contributed by atoms with Crippen molar-refractivity contribution in [1.29, 1.82) is 0 Å². The van der Waals surface area contributed by atoms with E-state index in [-0.39, 0.29) is 32.3 Å². The van der Waals surface area contributed by atoms with Gasteiger partial charge in [-0.05, 0) is 18.1 Å². The number of hydrogen-bond donors (Lipinski definition) is 1. The minimum Gasteiger partial charge on any atom is -0.341 e. The SMILES string of the molecule is CC(C)CN(C)C(=O)c1cc(S(N)(=O)=O)c(Cl)cc1Cl. The van der Waals surface area contributed by atoms with Crippen LogP contribution in [-0.2, 0) is 10.0 Å². The van der Waals surface area contributed by atoms with Gasteiger partial charge in [0.15, 0.2) is 0 Å². The Hall–Kier alpha value is -0.820. The van der Waals surface area contributed by atoms with Crippen LogP contribution in [0.4, 0.5) is 0 Å². The number of carbonyl (C=O) groups is 1. The maximum Gasteiger partial charge on any atom is 0.255 e. The standard InChI is InChI=1S/C12H16Cl2N2O3S/c1-7(2)6-16(3)12(17)8-4-11(20(15,18)19)10(14)5-9(8)13/h4-5,7H,6H2,1-3H3,(H2,15,18,19). The van der Waals surface area contributed by atoms with Gasteiger partial charge in [0.25, 0.3) is 5.91 Å². The lowest BCUT2D eigenvalue weighted by molar-refractivity contribution is 0.0779. The Kier molecular flexibility index (Phi) is 5.43. The highest BCUT2D eigenvalue weighted by Gasteiger charge is 2.22. The maximum absolute atomic E-state index is 12.3. The van der Waals surface area contributed by atoms with Crippen molar-refractivity contribution in [1.82, 2.24) is 4.90 Å². The average Bonchev–Trinajstić information content (AvgIpc) is 2.25. The zero-order valence-corrected chi connectivity index (χ0v) is 13.7. The van der Waals surface area contributed by atoms with E-state index in [9.17, 15) is 13.2 Å². The Morgan fingerprint density at radius 2 is 1.85 bits per heavy atom. The second-order valence-electron chi connectivity index (χ2n) is 4.89. The van der Waals surface area contributed by atoms with Crippen LogP contribution in [0.25, 0.3) is 0 Å². The van der Waals surface area contributed by atoms with E-state index in [2.05, 4.69) is 0 Å². The first-order valence-electron chi connectivity index (χ1n) is 5.81. The van der Waals surface area contributed by atoms with Crippen molar-refractivity contribution in [2.45, 2.75) is 18.7 Å². The van der Waals surface area contributed by atoms with E-state index in [1.54, 1.807) is 7.05 Å². The monoisotopic (exact) mass is 338 g/mol. The van der Waals surface area contributed by atoms with E-state index < -0.39 is 10.0 Å². The maximum atomic E-state index is 12.3. The van der Waals surface area contributed by atoms with Crippen LogP contribution in [0.15, 0.2) is 17.0 Å². The molecule has 0 saturated heterocycles. The number of hydrogen-bond acceptors (Lipinski definition) is 3. The number of primary sulfonamides is 1. The lowest BCUT2D eigenvalue weighted by atomic mass is 10.1. The van der Waals surface area contributed by atoms with Crippen molar-refractivity contribution in [2.75, 3.05) is 13.6 Å². The minimum atomic E-state index is -4.02. The fourth-order valence-electron chi connectivity index (χ4n) is 1.75. The van der Waals surface area contributed by atoms with Crippen LogP contribution in [0.2, 0.25) is 10.0 Å². The van der Waals surface area contributed by atoms with Gasteiger partial charge >= 0.3 is 0 Å². The van der Waals surface area contributed by atoms with Crippen LogP contribution in [0.1, 0.15) is 24.2 Å². The summed E-state index contributed by atoms with van der Waals surface area (Å²) in [5.74, 6) is -0.113. The molecule has 0 unspecified atom stereocenters. The summed E-state index contributed by atoms with van der Waals surface area (Å²) < 4.78 is 22.8. The molecule has 0 heterocycles. The first kappa shape index (κ1) is 17.2. The summed E-state index contributed by atoms with van der Waals surface area (Å²) in [7, 11) is -2.40. The molecule has 0 aliphatic heterocycles. The molecular formula is C12H16Cl2N2O3S. The van der Waals surface area contributed by atoms with Crippen LogP contribution < -0.4 is 5.14 Å². The summed E-state index contributed by atoms with van der Waals surface area (Å²) in [6.45, 7) is 4.44. The molecule has 0 fully saturated rings. The van der Waals surface area contributed by atoms with Gasteiger partial charge in [0.05, 0.1) is 15.6 Å². The third-order valence-corrected chi connectivity index (χ3v) is 4.23. The zero-order valence-electron chi connectivity index (χ0n) is 11.4. The van der Waals surface area contributed by atoms with Crippen LogP contribution in [0.3, 0.4) is 0 Å². The van der Waals surface area contributed by atoms with Crippen LogP contribution in [-0.4, -0.2) is 32.8 Å². The number of sulfonamides is 1. The molecule has 1 aromatic rings. The highest BCUT2D eigenvalue weighted by atomic mass is 35.5. The van der Waals surface area contributed by atoms with Gasteiger partial charge in [-0.1, -0.05) is 37.0 Å². The molecule has 0 bridgehead atoms. The summed E-state index contributed by atoms with van der Waals surface area (Å²) in [6, 6.07) is 2.32. The number of halogens is 2. The second-order valence-corrected chi connectivity index (χ2v) is 7.23. The molecule has 1 aromatic carbocycles. The van der Waals surface area contributed by atoms with E-state index >= 15 is 0 Å². The first-order chi connectivity index (χ1) is 9.04. The lowest BCUT2D eigenvalue weighted by Gasteiger charge is -2.20. The highest BCUT2D eigenvalue weighted by molar-refractivity contribution is 7.89. The summed E-state index contributed by atoms with van der Waals surface area (Å²) in [4.78, 5) is 13.4. The smallest absolute Gasteiger partial charge is 0.255 e. The van der Waals surface area contributed by atoms with E-state index in [0.717, 1.165) is 6.07 Å². The Morgan fingerprint density at radius 1 is 1.30 bits per heavy atom. The molecular weight excluding hydrogens is 323 g/mol. The fourth-order valence-corrected chi connectivity index (χ4v) is 3.15. The summed E-state index contributed by atoms with van der Waals surface area (Å²) in [6.07, 6.45) is 0. The molecule has 0 atom stereocenters. The van der Waals surface area contributed by atoms with Crippen molar-refractivity contribution >= 4 is 39.1 Å². The third kappa shape index (κ3) is 4.09. The number of amides is 1. The predicted octanol–water partition coefficient (Wildman–Crippen LogP) is 2.37. The van der Waals surface area contributed by atoms with Gasteiger partial charge in [-0.3, -0.25) is 4.79 Å². The van der Waals surface area contributed by atoms with E-state index in [1.165, 1.54) is 11.0 Å². The molecule has 0 aromatic heterocycles. The topological polar surface area (TPSA) is 80.5 Å². The molecule has 1 amide bonds. The van der Waals surface area contributed by atoms with Crippen LogP contribution >= 0.6 is 23.2 Å². The van der Waals surface area contributed by atoms with Crippen molar-refractivity contribution < 1.29 is 13.2 Å². The van der Waals surface area contributed by atoms with E-state index in [0.29, 0.717) is 6.54 Å². The second kappa shape index (κ2) is 6.30. The van der Waals surface area contributed by atoms with Gasteiger partial charge in [0.1, 0.15) is 4.90 Å². The molecule has 0 spiro atoms. The first-order valence-corrected chi connectivity index (χ1v) is 8.11. The zero-order chi connectivity index (χ0) is 15.7. The summed E-state index contributed by atoms with van der Waals surface area (Å²) >= 11 is 11.7. The number of carbonyl (C=O) groups excluding carboxylic acids is 1. The molecule has 5 nitrogen and oxygen atoms in total. The lowest BCUT2D eigenvalue weighted by Crippen LogP contribution is -2.30. The number of nitrogens with zero attached hydrogens (tertiary/aromatic N) is 1. The summed E-state index contributed by atoms with van der Waals surface area (Å²) in [5, 5.41) is 5.03. The van der Waals surface area contributed by atoms with Gasteiger partial charge in [-0.2, -0.15) is 0 Å². The largest absolute Gasteiger partial charge is 0.341 e. The predicted molar refractivity (Wildman–Crippen MR) is 79.6 cm³/mol. The van der Waals surface area contributed by atoms with Crippen molar-refractivity contribution in [3.05, 3.63) is 27.7 Å². The molecule has 0 radical (unpaired) electrons. The fraction of sp³-hybridized carbons (Fsp3) is 0.417. The molecule has 0 saturated carbocycles. The van der Waals surface area contributed by atoms with Crippen LogP contribution in [0.5, 0.6) is 0 Å². The highest BCUT2D eigenvalue weighted by Crippen LogP contribution is 2.28. The Balaban J connectivity index is 3.29. The Morgan fingerprint density at radius 3 is 2.30 bits per heavy atom. The Labute approximate surface area is 128 Å². The molecule has 1 rings (SSSR count). The minimum absolute atomic E-state index is 0.0586. The molecule has 112 valence electrons. The molecule has 2 N–H and O–H groups in total. The van der Waals surface area contributed by atoms with Gasteiger partial charge < -0.3 is 4.90 Å². The van der Waals surface area contributed by atoms with Crippen molar-refractivity contribution in [2.24, 2.45) is 11.1 Å². The van der Waals surface area contributed by atoms with Gasteiger partial charge in [-0.25, -0.2) is 13.6 Å². The molecule has 0 aliphatic rings. The molecule has 8 heteroatoms. The van der Waals surface area contributed by atoms with Crippen molar-refractivity contribution in [3.63, 3.8) is 0 Å². The van der Waals surface area contributed by atoms with Gasteiger partial charge in [0.2, 0.25) is 10.0 Å². The average molecular weight is 339 g/mol. The van der Waals surface area contributed by atoms with E-state index in [1.807, 2.05) is 13.8 Å². The molecule has 0 aliphatic carbocycles.